The average Bonchev–Trinajstić information content (AvgIpc) is 1.89. The minimum atomic E-state index is -0.741. The fourth-order valence-electron chi connectivity index (χ4n) is 0. The van der Waals surface area contributed by atoms with Crippen LogP contribution in [0.3, 0.4) is 0 Å². The lowest BCUT2D eigenvalue weighted by atomic mass is 10.2. The van der Waals surface area contributed by atoms with E-state index in [0.717, 1.165) is 6.29 Å². The number of carbonyl (C=O) groups excluding carboxylic acids is 1. The molecule has 0 aromatic rings. The van der Waals surface area contributed by atoms with Crippen LogP contribution in [0.15, 0.2) is 0 Å². The summed E-state index contributed by atoms with van der Waals surface area (Å²) in [6.45, 7) is 3.28. The van der Waals surface area contributed by atoms with Gasteiger partial charge < -0.3 is 9.90 Å². The summed E-state index contributed by atoms with van der Waals surface area (Å²) in [5, 5.41) is 8.44. The van der Waals surface area contributed by atoms with Crippen molar-refractivity contribution in [3.05, 3.63) is 0 Å². The van der Waals surface area contributed by atoms with Crippen molar-refractivity contribution in [1.82, 2.24) is 0 Å². The molecule has 0 rings (SSSR count). The number of halogens is 1. The predicted octanol–water partition coefficient (Wildman–Crippen LogP) is 1.31. The largest absolute Gasteiger partial charge is 0.481 e. The summed E-state index contributed by atoms with van der Waals surface area (Å²) in [6, 6.07) is 0. The third-order valence-electron chi connectivity index (χ3n) is 0.557. The van der Waals surface area contributed by atoms with E-state index in [4.69, 9.17) is 9.90 Å². The molecule has 3 nitrogen and oxygen atoms in total. The minimum absolute atomic E-state index is 0.231. The molecule has 0 aliphatic heterocycles. The molecule has 0 spiro atoms. The third-order valence-corrected chi connectivity index (χ3v) is 0.821. The number of alkyl halides is 1. The van der Waals surface area contributed by atoms with E-state index in [0.29, 0.717) is 5.33 Å². The van der Waals surface area contributed by atoms with Crippen LogP contribution in [0.2, 0.25) is 0 Å². The molecule has 0 saturated heterocycles. The first-order valence-corrected chi connectivity index (χ1v) is 3.90. The van der Waals surface area contributed by atoms with Crippen LogP contribution in [0, 0.1) is 5.92 Å². The monoisotopic (exact) mass is 210 g/mol. The van der Waals surface area contributed by atoms with E-state index in [1.807, 2.05) is 0 Å². The van der Waals surface area contributed by atoms with Gasteiger partial charge in [-0.2, -0.15) is 0 Å². The fourth-order valence-corrected chi connectivity index (χ4v) is 0. The van der Waals surface area contributed by atoms with Gasteiger partial charge in [0.1, 0.15) is 6.29 Å². The van der Waals surface area contributed by atoms with Crippen LogP contribution in [-0.4, -0.2) is 22.7 Å². The molecule has 0 aromatic heterocycles. The van der Waals surface area contributed by atoms with Crippen molar-refractivity contribution < 1.29 is 14.7 Å². The highest BCUT2D eigenvalue weighted by molar-refractivity contribution is 9.09. The zero-order valence-corrected chi connectivity index (χ0v) is 7.59. The molecule has 0 unspecified atom stereocenters. The van der Waals surface area contributed by atoms with Gasteiger partial charge in [0.25, 0.3) is 0 Å². The molecule has 0 saturated carbocycles. The number of rotatable bonds is 2. The summed E-state index contributed by atoms with van der Waals surface area (Å²) in [5.41, 5.74) is 0. The summed E-state index contributed by atoms with van der Waals surface area (Å²) in [6.07, 6.45) is 0.792. The molecule has 0 atom stereocenters. The lowest BCUT2D eigenvalue weighted by Crippen LogP contribution is -2.03. The van der Waals surface area contributed by atoms with E-state index in [-0.39, 0.29) is 5.92 Å². The van der Waals surface area contributed by atoms with Crippen molar-refractivity contribution in [1.29, 1.82) is 0 Å². The van der Waals surface area contributed by atoms with Crippen LogP contribution < -0.4 is 0 Å². The molecule has 0 amide bonds. The van der Waals surface area contributed by atoms with Crippen LogP contribution in [0.5, 0.6) is 0 Å². The molecule has 0 aromatic carbocycles. The van der Waals surface area contributed by atoms with Gasteiger partial charge in [-0.25, -0.2) is 0 Å². The highest BCUT2D eigenvalue weighted by Crippen LogP contribution is 1.87. The van der Waals surface area contributed by atoms with Gasteiger partial charge >= 0.3 is 5.97 Å². The Morgan fingerprint density at radius 1 is 1.70 bits per heavy atom. The number of carboxylic acid groups (broad SMARTS) is 1. The van der Waals surface area contributed by atoms with Crippen molar-refractivity contribution >= 4 is 28.2 Å². The summed E-state index contributed by atoms with van der Waals surface area (Å²) in [5.74, 6) is -0.972. The van der Waals surface area contributed by atoms with Gasteiger partial charge in [0, 0.05) is 0 Å². The van der Waals surface area contributed by atoms with Crippen LogP contribution in [0.4, 0.5) is 0 Å². The predicted molar refractivity (Wildman–Crippen MR) is 42.3 cm³/mol. The Balaban J connectivity index is 0. The lowest BCUT2D eigenvalue weighted by molar-refractivity contribution is -0.140. The van der Waals surface area contributed by atoms with Crippen LogP contribution >= 0.6 is 15.9 Å². The molecule has 10 heavy (non-hydrogen) atoms. The molecule has 0 fully saturated rings. The maximum absolute atomic E-state index is 9.70. The van der Waals surface area contributed by atoms with E-state index in [9.17, 15) is 4.79 Å². The summed E-state index contributed by atoms with van der Waals surface area (Å²) in [7, 11) is 0. The number of hydrogen-bond acceptors (Lipinski definition) is 2. The second-order valence-electron chi connectivity index (χ2n) is 1.81. The molecule has 0 aliphatic rings. The Labute approximate surface area is 68.6 Å². The Kier molecular flexibility index (Phi) is 10.6. The first-order valence-electron chi connectivity index (χ1n) is 2.78. The number of aldehydes is 1. The van der Waals surface area contributed by atoms with Gasteiger partial charge in [-0.3, -0.25) is 4.79 Å². The lowest BCUT2D eigenvalue weighted by Gasteiger charge is -1.89. The maximum atomic E-state index is 9.70. The molecule has 0 heterocycles. The summed E-state index contributed by atoms with van der Waals surface area (Å²) >= 11 is 2.88. The van der Waals surface area contributed by atoms with Crippen molar-refractivity contribution in [3.8, 4) is 0 Å². The van der Waals surface area contributed by atoms with Gasteiger partial charge in [0.2, 0.25) is 0 Å². The Morgan fingerprint density at radius 3 is 1.90 bits per heavy atom. The molecule has 0 bridgehead atoms. The van der Waals surface area contributed by atoms with Crippen LogP contribution in [0.25, 0.3) is 0 Å². The minimum Gasteiger partial charge on any atom is -0.481 e. The van der Waals surface area contributed by atoms with Gasteiger partial charge in [0.15, 0.2) is 0 Å². The second-order valence-corrected chi connectivity index (χ2v) is 2.46. The third kappa shape index (κ3) is 15.6. The van der Waals surface area contributed by atoms with Crippen LogP contribution in [-0.2, 0) is 9.59 Å². The quantitative estimate of drug-likeness (QED) is 0.553. The molecule has 4 heteroatoms. The number of aliphatic carboxylic acids is 1. The Bertz CT molecular complexity index is 101. The molecular weight excluding hydrogens is 200 g/mol. The van der Waals surface area contributed by atoms with E-state index >= 15 is 0 Å². The van der Waals surface area contributed by atoms with Gasteiger partial charge in [-0.15, -0.1) is 0 Å². The van der Waals surface area contributed by atoms with E-state index in [1.165, 1.54) is 0 Å². The van der Waals surface area contributed by atoms with E-state index in [1.54, 1.807) is 13.8 Å². The zero-order valence-electron chi connectivity index (χ0n) is 6.00. The Hall–Kier alpha value is -0.380. The van der Waals surface area contributed by atoms with Crippen LogP contribution in [0.1, 0.15) is 13.8 Å². The van der Waals surface area contributed by atoms with Gasteiger partial charge in [0.05, 0.1) is 11.2 Å². The standard InChI is InChI=1S/C4H8O2.C2H3BrO/c1-3(2)4(5)6;3-1-2-4/h3H,1-2H3,(H,5,6);2H,1H2. The van der Waals surface area contributed by atoms with Crippen molar-refractivity contribution in [2.24, 2.45) is 5.92 Å². The normalized spacial score (nSPS) is 8.00. The van der Waals surface area contributed by atoms with Gasteiger partial charge in [-0.1, -0.05) is 29.8 Å². The average molecular weight is 211 g/mol. The molecule has 60 valence electrons. The van der Waals surface area contributed by atoms with E-state index < -0.39 is 5.97 Å². The first-order chi connectivity index (χ1) is 4.56. The SMILES string of the molecule is CC(C)C(=O)O.O=CCBr. The topological polar surface area (TPSA) is 54.4 Å². The number of hydrogen-bond donors (Lipinski definition) is 1. The van der Waals surface area contributed by atoms with Crippen molar-refractivity contribution in [2.75, 3.05) is 5.33 Å². The summed E-state index contributed by atoms with van der Waals surface area (Å²) in [4.78, 5) is 18.8. The molecule has 0 radical (unpaired) electrons. The number of carbonyl (C=O) groups is 2. The first kappa shape index (κ1) is 12.3. The highest BCUT2D eigenvalue weighted by atomic mass is 79.9. The fraction of sp³-hybridized carbons (Fsp3) is 0.667. The highest BCUT2D eigenvalue weighted by Gasteiger charge is 1.99. The molecular formula is C6H11BrO3. The van der Waals surface area contributed by atoms with Gasteiger partial charge in [-0.05, 0) is 0 Å². The Morgan fingerprint density at radius 2 is 1.90 bits per heavy atom. The maximum Gasteiger partial charge on any atom is 0.305 e. The second kappa shape index (κ2) is 8.62. The smallest absolute Gasteiger partial charge is 0.305 e. The molecule has 0 aliphatic carbocycles. The zero-order chi connectivity index (χ0) is 8.57. The number of carboxylic acids is 1. The van der Waals surface area contributed by atoms with Crippen molar-refractivity contribution in [2.45, 2.75) is 13.8 Å². The summed E-state index contributed by atoms with van der Waals surface area (Å²) < 4.78 is 0. The van der Waals surface area contributed by atoms with E-state index in [2.05, 4.69) is 15.9 Å². The van der Waals surface area contributed by atoms with Crippen molar-refractivity contribution in [3.63, 3.8) is 0 Å². The molecule has 1 N–H and O–H groups in total.